The first-order chi connectivity index (χ1) is 15.7. The lowest BCUT2D eigenvalue weighted by Crippen LogP contribution is -2.49. The maximum atomic E-state index is 12.9. The van der Waals surface area contributed by atoms with Crippen LogP contribution >= 0.6 is 0 Å². The number of piperazine rings is 1. The van der Waals surface area contributed by atoms with Crippen molar-refractivity contribution in [3.8, 4) is 0 Å². The van der Waals surface area contributed by atoms with E-state index in [1.807, 2.05) is 0 Å². The van der Waals surface area contributed by atoms with Crippen LogP contribution in [0.3, 0.4) is 0 Å². The predicted octanol–water partition coefficient (Wildman–Crippen LogP) is 2.73. The number of amides is 1. The first-order valence-corrected chi connectivity index (χ1v) is 13.2. The maximum Gasteiger partial charge on any atom is 0.344 e. The zero-order chi connectivity index (χ0) is 23.6. The van der Waals surface area contributed by atoms with Gasteiger partial charge in [0.25, 0.3) is 0 Å². The van der Waals surface area contributed by atoms with E-state index in [0.717, 1.165) is 32.7 Å². The Morgan fingerprint density at radius 2 is 1.76 bits per heavy atom. The van der Waals surface area contributed by atoms with Crippen molar-refractivity contribution < 1.29 is 13.2 Å². The monoisotopic (exact) mass is 474 g/mol. The van der Waals surface area contributed by atoms with E-state index >= 15 is 0 Å². The Balaban J connectivity index is 1.35. The Morgan fingerprint density at radius 1 is 1.06 bits per heavy atom. The second kappa shape index (κ2) is 9.72. The molecule has 2 aliphatic rings. The van der Waals surface area contributed by atoms with Crippen LogP contribution in [-0.2, 0) is 16.6 Å². The molecule has 1 amide bonds. The van der Waals surface area contributed by atoms with Gasteiger partial charge in [-0.1, -0.05) is 12.1 Å². The van der Waals surface area contributed by atoms with Gasteiger partial charge in [0, 0.05) is 63.8 Å². The zero-order valence-electron chi connectivity index (χ0n) is 19.7. The number of carbonyl (C=O) groups is 1. The van der Waals surface area contributed by atoms with Gasteiger partial charge < -0.3 is 9.80 Å². The number of nitrogens with one attached hydrogen (secondary N) is 1. The summed E-state index contributed by atoms with van der Waals surface area (Å²) in [6.45, 7) is 11.2. The molecule has 1 aromatic heterocycles. The number of aromatic nitrogens is 2. The molecule has 2 aromatic rings. The molecule has 4 rings (SSSR count). The SMILES string of the molecule is Cc1ccc(CN2CCN(C(=O)n3ccc(NS(=O)(=O)C(C)C)n3)CC2)c(N2CCCC2)c1. The standard InChI is InChI=1S/C23H34N6O3S/c1-18(2)33(31,32)25-22-8-11-29(24-22)23(30)28-14-12-26(13-15-28)17-20-7-6-19(3)16-21(20)27-9-4-5-10-27/h6-8,11,16,18H,4-5,9-10,12-15,17H2,1-3H3,(H,24,25). The lowest BCUT2D eigenvalue weighted by molar-refractivity contribution is 0.134. The number of hydrogen-bond acceptors (Lipinski definition) is 6. The van der Waals surface area contributed by atoms with E-state index in [4.69, 9.17) is 0 Å². The van der Waals surface area contributed by atoms with E-state index in [2.05, 4.69) is 44.7 Å². The van der Waals surface area contributed by atoms with Crippen LogP contribution in [0.5, 0.6) is 0 Å². The Kier molecular flexibility index (Phi) is 6.94. The molecule has 3 heterocycles. The van der Waals surface area contributed by atoms with Gasteiger partial charge in [-0.2, -0.15) is 4.68 Å². The molecule has 2 fully saturated rings. The average Bonchev–Trinajstić information content (AvgIpc) is 3.47. The van der Waals surface area contributed by atoms with E-state index in [1.54, 1.807) is 18.7 Å². The molecule has 33 heavy (non-hydrogen) atoms. The Bertz CT molecular complexity index is 1080. The fraction of sp³-hybridized carbons (Fsp3) is 0.565. The number of carbonyl (C=O) groups excluding carboxylic acids is 1. The molecule has 0 aliphatic carbocycles. The second-order valence-electron chi connectivity index (χ2n) is 9.21. The summed E-state index contributed by atoms with van der Waals surface area (Å²) in [6, 6.07) is 7.98. The number of sulfonamides is 1. The normalized spacial score (nSPS) is 17.7. The van der Waals surface area contributed by atoms with Crippen molar-refractivity contribution in [1.29, 1.82) is 0 Å². The summed E-state index contributed by atoms with van der Waals surface area (Å²) >= 11 is 0. The summed E-state index contributed by atoms with van der Waals surface area (Å²) < 4.78 is 27.7. The molecule has 2 saturated heterocycles. The Morgan fingerprint density at radius 3 is 2.42 bits per heavy atom. The van der Waals surface area contributed by atoms with E-state index in [-0.39, 0.29) is 11.8 Å². The van der Waals surface area contributed by atoms with Crippen molar-refractivity contribution in [1.82, 2.24) is 19.6 Å². The number of aryl methyl sites for hydroxylation is 1. The Hall–Kier alpha value is -2.59. The summed E-state index contributed by atoms with van der Waals surface area (Å²) in [7, 11) is -3.50. The summed E-state index contributed by atoms with van der Waals surface area (Å²) in [5.74, 6) is 0.157. The van der Waals surface area contributed by atoms with Crippen LogP contribution in [-0.4, -0.2) is 78.5 Å². The van der Waals surface area contributed by atoms with Gasteiger partial charge in [-0.3, -0.25) is 9.62 Å². The fourth-order valence-corrected chi connectivity index (χ4v) is 4.93. The molecule has 9 nitrogen and oxygen atoms in total. The summed E-state index contributed by atoms with van der Waals surface area (Å²) in [4.78, 5) is 19.5. The van der Waals surface area contributed by atoms with Gasteiger partial charge in [0.2, 0.25) is 10.0 Å². The number of nitrogens with zero attached hydrogens (tertiary/aromatic N) is 5. The number of rotatable bonds is 6. The highest BCUT2D eigenvalue weighted by Gasteiger charge is 2.25. The Labute approximate surface area is 196 Å². The van der Waals surface area contributed by atoms with Gasteiger partial charge in [0.05, 0.1) is 5.25 Å². The largest absolute Gasteiger partial charge is 0.371 e. The minimum Gasteiger partial charge on any atom is -0.371 e. The first-order valence-electron chi connectivity index (χ1n) is 11.7. The van der Waals surface area contributed by atoms with Crippen LogP contribution in [0.4, 0.5) is 16.3 Å². The van der Waals surface area contributed by atoms with Crippen molar-refractivity contribution in [3.63, 3.8) is 0 Å². The molecular weight excluding hydrogens is 440 g/mol. The third-order valence-corrected chi connectivity index (χ3v) is 8.11. The quantitative estimate of drug-likeness (QED) is 0.692. The van der Waals surface area contributed by atoms with E-state index in [9.17, 15) is 13.2 Å². The van der Waals surface area contributed by atoms with Crippen molar-refractivity contribution in [2.75, 3.05) is 48.9 Å². The summed E-state index contributed by atoms with van der Waals surface area (Å²) in [5.41, 5.74) is 3.97. The number of hydrogen-bond donors (Lipinski definition) is 1. The summed E-state index contributed by atoms with van der Waals surface area (Å²) in [6.07, 6.45) is 4.01. The fourth-order valence-electron chi connectivity index (χ4n) is 4.29. The predicted molar refractivity (Wildman–Crippen MR) is 130 cm³/mol. The van der Waals surface area contributed by atoms with Gasteiger partial charge in [-0.05, 0) is 50.8 Å². The molecule has 10 heteroatoms. The second-order valence-corrected chi connectivity index (χ2v) is 11.5. The van der Waals surface area contributed by atoms with Crippen molar-refractivity contribution >= 4 is 27.6 Å². The molecule has 1 N–H and O–H groups in total. The maximum absolute atomic E-state index is 12.9. The van der Waals surface area contributed by atoms with E-state index in [0.29, 0.717) is 13.1 Å². The van der Waals surface area contributed by atoms with Gasteiger partial charge >= 0.3 is 6.03 Å². The molecule has 0 bridgehead atoms. The molecule has 0 spiro atoms. The number of anilines is 2. The first kappa shape index (κ1) is 23.6. The van der Waals surface area contributed by atoms with Crippen LogP contribution in [0.1, 0.15) is 37.8 Å². The van der Waals surface area contributed by atoms with Crippen LogP contribution < -0.4 is 9.62 Å². The van der Waals surface area contributed by atoms with Crippen LogP contribution in [0.15, 0.2) is 30.5 Å². The van der Waals surface area contributed by atoms with Crippen LogP contribution in [0.2, 0.25) is 0 Å². The van der Waals surface area contributed by atoms with E-state index in [1.165, 1.54) is 46.6 Å². The topological polar surface area (TPSA) is 90.8 Å². The molecule has 2 aliphatic heterocycles. The molecule has 0 radical (unpaired) electrons. The highest BCUT2D eigenvalue weighted by atomic mass is 32.2. The molecule has 180 valence electrons. The lowest BCUT2D eigenvalue weighted by atomic mass is 10.1. The zero-order valence-corrected chi connectivity index (χ0v) is 20.5. The highest BCUT2D eigenvalue weighted by Crippen LogP contribution is 2.27. The summed E-state index contributed by atoms with van der Waals surface area (Å²) in [5, 5.41) is 3.54. The minimum atomic E-state index is -3.50. The lowest BCUT2D eigenvalue weighted by Gasteiger charge is -2.35. The molecule has 0 saturated carbocycles. The van der Waals surface area contributed by atoms with Crippen LogP contribution in [0.25, 0.3) is 0 Å². The third-order valence-electron chi connectivity index (χ3n) is 6.38. The molecule has 1 aromatic carbocycles. The average molecular weight is 475 g/mol. The van der Waals surface area contributed by atoms with Crippen molar-refractivity contribution in [3.05, 3.63) is 41.6 Å². The van der Waals surface area contributed by atoms with Gasteiger partial charge in [0.15, 0.2) is 5.82 Å². The van der Waals surface area contributed by atoms with Gasteiger partial charge in [-0.15, -0.1) is 5.10 Å². The molecular formula is C23H34N6O3S. The van der Waals surface area contributed by atoms with Gasteiger partial charge in [0.1, 0.15) is 0 Å². The molecule has 0 atom stereocenters. The number of benzene rings is 1. The highest BCUT2D eigenvalue weighted by molar-refractivity contribution is 7.93. The van der Waals surface area contributed by atoms with Crippen molar-refractivity contribution in [2.45, 2.75) is 45.4 Å². The smallest absolute Gasteiger partial charge is 0.344 e. The minimum absolute atomic E-state index is 0.157. The molecule has 0 unspecified atom stereocenters. The van der Waals surface area contributed by atoms with Crippen LogP contribution in [0, 0.1) is 6.92 Å². The van der Waals surface area contributed by atoms with Crippen molar-refractivity contribution in [2.24, 2.45) is 0 Å². The van der Waals surface area contributed by atoms with Gasteiger partial charge in [-0.25, -0.2) is 13.2 Å². The third kappa shape index (κ3) is 5.50. The van der Waals surface area contributed by atoms with E-state index < -0.39 is 15.3 Å².